The van der Waals surface area contributed by atoms with E-state index < -0.39 is 159 Å². The molecule has 5 rings (SSSR count). The van der Waals surface area contributed by atoms with Gasteiger partial charge in [-0.05, 0) is 27.7 Å². The van der Waals surface area contributed by atoms with Crippen molar-refractivity contribution >= 4 is 5.97 Å². The molecule has 10 N–H and O–H groups in total. The van der Waals surface area contributed by atoms with Gasteiger partial charge in [0.05, 0.1) is 24.4 Å². The number of hydrogen-bond acceptors (Lipinski definition) is 22. The standard InChI is InChI=1S/C33H56O23/c1-8-12(34)14(36)24(29(44)48-8)55-31-19(41)22(13(35)9(2)49-31)53-32-26(47-7)18(40)21(11(4)51-32)52-30-16(38)15(37)23(27(56-30)28(42)43)54-33-25(46-6)17(39)20(45-5)10(3)50-33/h8-27,29-41,44H,1-7H3,(H,42,43)/t8-,9-,10-,11-,12+,13-,14+,15+,16+,17+,18+,19+,20+,21+,22+,23-,24+,25-,26-,27-,29?,30+,31-,32-,33-/m0/s1. The van der Waals surface area contributed by atoms with Crippen molar-refractivity contribution in [1.82, 2.24) is 0 Å². The Kier molecular flexibility index (Phi) is 15.4. The maximum Gasteiger partial charge on any atom is 0.335 e. The van der Waals surface area contributed by atoms with E-state index in [1.54, 1.807) is 6.92 Å². The Balaban J connectivity index is 1.26. The van der Waals surface area contributed by atoms with E-state index in [2.05, 4.69) is 0 Å². The smallest absolute Gasteiger partial charge is 0.335 e. The quantitative estimate of drug-likeness (QED) is 0.0877. The molecule has 5 aliphatic heterocycles. The first-order valence-electron chi connectivity index (χ1n) is 18.2. The van der Waals surface area contributed by atoms with Crippen LogP contribution in [0.1, 0.15) is 27.7 Å². The van der Waals surface area contributed by atoms with E-state index in [1.165, 1.54) is 42.1 Å². The number of carbonyl (C=O) groups is 1. The van der Waals surface area contributed by atoms with Gasteiger partial charge < -0.3 is 108 Å². The molecule has 326 valence electrons. The molecule has 0 amide bonds. The summed E-state index contributed by atoms with van der Waals surface area (Å²) in [7, 11) is 3.78. The van der Waals surface area contributed by atoms with Gasteiger partial charge in [-0.1, -0.05) is 0 Å². The fraction of sp³-hybridized carbons (Fsp3) is 0.970. The third-order valence-corrected chi connectivity index (χ3v) is 10.9. The van der Waals surface area contributed by atoms with Crippen LogP contribution >= 0.6 is 0 Å². The van der Waals surface area contributed by atoms with Crippen LogP contribution in [0.15, 0.2) is 0 Å². The number of aliphatic hydroxyl groups excluding tert-OH is 9. The Labute approximate surface area is 321 Å². The number of aliphatic carboxylic acids is 1. The van der Waals surface area contributed by atoms with Crippen LogP contribution in [0.3, 0.4) is 0 Å². The molecule has 0 aliphatic carbocycles. The molecule has 23 heteroatoms. The van der Waals surface area contributed by atoms with Crippen molar-refractivity contribution in [2.24, 2.45) is 0 Å². The Bertz CT molecular complexity index is 1270. The molecule has 0 aromatic heterocycles. The topological polar surface area (TPSA) is 330 Å². The molecule has 0 aromatic carbocycles. The van der Waals surface area contributed by atoms with Crippen molar-refractivity contribution in [3.05, 3.63) is 0 Å². The zero-order valence-corrected chi connectivity index (χ0v) is 31.7. The van der Waals surface area contributed by atoms with Gasteiger partial charge in [-0.25, -0.2) is 4.79 Å². The second-order valence-corrected chi connectivity index (χ2v) is 14.6. The summed E-state index contributed by atoms with van der Waals surface area (Å²) in [5.41, 5.74) is 0. The van der Waals surface area contributed by atoms with Gasteiger partial charge in [0.2, 0.25) is 0 Å². The van der Waals surface area contributed by atoms with E-state index in [4.69, 9.17) is 56.8 Å². The third-order valence-electron chi connectivity index (χ3n) is 10.9. The number of carboxylic acid groups (broad SMARTS) is 1. The van der Waals surface area contributed by atoms with Gasteiger partial charge >= 0.3 is 5.97 Å². The van der Waals surface area contributed by atoms with Crippen LogP contribution < -0.4 is 0 Å². The van der Waals surface area contributed by atoms with Gasteiger partial charge in [-0.2, -0.15) is 0 Å². The number of ether oxygens (including phenoxy) is 12. The molecular weight excluding hydrogens is 764 g/mol. The van der Waals surface area contributed by atoms with E-state index >= 15 is 0 Å². The van der Waals surface area contributed by atoms with E-state index in [-0.39, 0.29) is 0 Å². The number of carboxylic acids is 1. The van der Waals surface area contributed by atoms with Crippen molar-refractivity contribution in [2.75, 3.05) is 21.3 Å². The summed E-state index contributed by atoms with van der Waals surface area (Å²) in [6.45, 7) is 5.83. The third kappa shape index (κ3) is 9.03. The molecule has 1 unspecified atom stereocenters. The van der Waals surface area contributed by atoms with Gasteiger partial charge in [0, 0.05) is 21.3 Å². The van der Waals surface area contributed by atoms with Gasteiger partial charge in [-0.3, -0.25) is 0 Å². The second kappa shape index (κ2) is 18.9. The predicted molar refractivity (Wildman–Crippen MR) is 176 cm³/mol. The van der Waals surface area contributed by atoms with E-state index in [1.807, 2.05) is 0 Å². The second-order valence-electron chi connectivity index (χ2n) is 14.6. The van der Waals surface area contributed by atoms with Gasteiger partial charge in [0.1, 0.15) is 91.6 Å². The van der Waals surface area contributed by atoms with Crippen LogP contribution in [0.2, 0.25) is 0 Å². The molecule has 5 heterocycles. The highest BCUT2D eigenvalue weighted by molar-refractivity contribution is 5.73. The summed E-state index contributed by atoms with van der Waals surface area (Å²) < 4.78 is 67.2. The molecule has 0 saturated carbocycles. The summed E-state index contributed by atoms with van der Waals surface area (Å²) in [5.74, 6) is -1.63. The van der Waals surface area contributed by atoms with E-state index in [0.29, 0.717) is 0 Å². The van der Waals surface area contributed by atoms with Crippen molar-refractivity contribution in [3.63, 3.8) is 0 Å². The summed E-state index contributed by atoms with van der Waals surface area (Å²) >= 11 is 0. The highest BCUT2D eigenvalue weighted by Crippen LogP contribution is 2.36. The molecule has 0 spiro atoms. The lowest BCUT2D eigenvalue weighted by Gasteiger charge is -2.49. The van der Waals surface area contributed by atoms with Gasteiger partial charge in [0.25, 0.3) is 0 Å². The molecule has 5 saturated heterocycles. The Morgan fingerprint density at radius 2 is 0.821 bits per heavy atom. The van der Waals surface area contributed by atoms with Crippen LogP contribution in [0.5, 0.6) is 0 Å². The molecule has 23 nitrogen and oxygen atoms in total. The summed E-state index contributed by atoms with van der Waals surface area (Å²) in [6, 6.07) is 0. The molecule has 0 bridgehead atoms. The average molecular weight is 821 g/mol. The van der Waals surface area contributed by atoms with Crippen molar-refractivity contribution < 1.29 is 113 Å². The Morgan fingerprint density at radius 1 is 0.393 bits per heavy atom. The maximum atomic E-state index is 12.4. The minimum atomic E-state index is -1.99. The first-order valence-corrected chi connectivity index (χ1v) is 18.2. The average Bonchev–Trinajstić information content (AvgIpc) is 3.14. The predicted octanol–water partition coefficient (Wildman–Crippen LogP) is -5.76. The van der Waals surface area contributed by atoms with Gasteiger partial charge in [-0.15, -0.1) is 0 Å². The lowest BCUT2D eigenvalue weighted by atomic mass is 9.95. The molecule has 5 aliphatic rings. The summed E-state index contributed by atoms with van der Waals surface area (Å²) in [5, 5.41) is 108. The van der Waals surface area contributed by atoms with Crippen molar-refractivity contribution in [2.45, 2.75) is 181 Å². The number of methoxy groups -OCH3 is 3. The van der Waals surface area contributed by atoms with Crippen LogP contribution in [-0.2, 0) is 61.6 Å². The first kappa shape index (κ1) is 45.7. The molecule has 25 atom stereocenters. The lowest BCUT2D eigenvalue weighted by Crippen LogP contribution is -2.67. The van der Waals surface area contributed by atoms with Crippen LogP contribution in [0.25, 0.3) is 0 Å². The zero-order chi connectivity index (χ0) is 41.5. The number of aliphatic hydroxyl groups is 9. The normalized spacial score (nSPS) is 53.1. The zero-order valence-electron chi connectivity index (χ0n) is 31.7. The first-order chi connectivity index (χ1) is 26.4. The summed E-state index contributed by atoms with van der Waals surface area (Å²) in [6.07, 6.45) is -37.4. The highest BCUT2D eigenvalue weighted by Gasteiger charge is 2.57. The molecule has 56 heavy (non-hydrogen) atoms. The highest BCUT2D eigenvalue weighted by atomic mass is 16.8. The monoisotopic (exact) mass is 820 g/mol. The molecule has 5 fully saturated rings. The van der Waals surface area contributed by atoms with Crippen LogP contribution in [0.4, 0.5) is 0 Å². The molecular formula is C33H56O23. The van der Waals surface area contributed by atoms with Gasteiger partial charge in [0.15, 0.2) is 37.6 Å². The number of hydrogen-bond donors (Lipinski definition) is 10. The SMILES string of the molecule is CO[C@@H]1[C@H](O[C@H]2[C@H](O)[C@@H](O)[C@H](O[C@H]3[C@@H](O)[C@H](OC)[C@H](O[C@@H]4[C@@H](O)[C@H](C)O[C@@H](O[C@H]5C(O)O[C@@H](C)[C@@H](O)[C@H]5O)[C@@H]4O)O[C@H]3C)O[C@@H]2C(=O)O)O[C@@H](C)[C@@H](OC)[C@H]1O. The van der Waals surface area contributed by atoms with Crippen molar-refractivity contribution in [3.8, 4) is 0 Å². The molecule has 0 aromatic rings. The maximum absolute atomic E-state index is 12.4. The minimum Gasteiger partial charge on any atom is -0.479 e. The lowest BCUT2D eigenvalue weighted by molar-refractivity contribution is -0.390. The van der Waals surface area contributed by atoms with E-state index in [9.17, 15) is 55.9 Å². The fourth-order valence-corrected chi connectivity index (χ4v) is 7.58. The van der Waals surface area contributed by atoms with E-state index in [0.717, 1.165) is 0 Å². The minimum absolute atomic E-state index is 0.761. The Hall–Kier alpha value is -1.37. The Morgan fingerprint density at radius 3 is 1.38 bits per heavy atom. The molecule has 0 radical (unpaired) electrons. The summed E-state index contributed by atoms with van der Waals surface area (Å²) in [4.78, 5) is 12.4. The number of rotatable bonds is 12. The van der Waals surface area contributed by atoms with Crippen molar-refractivity contribution in [1.29, 1.82) is 0 Å². The van der Waals surface area contributed by atoms with Crippen LogP contribution in [-0.4, -0.2) is 232 Å². The largest absolute Gasteiger partial charge is 0.479 e. The fourth-order valence-electron chi connectivity index (χ4n) is 7.58. The van der Waals surface area contributed by atoms with Crippen LogP contribution in [0, 0.1) is 0 Å².